The van der Waals surface area contributed by atoms with E-state index >= 15 is 0 Å². The Morgan fingerprint density at radius 3 is 2.46 bits per heavy atom. The largest absolute Gasteiger partial charge is 0.448 e. The van der Waals surface area contributed by atoms with Crippen molar-refractivity contribution in [3.05, 3.63) is 51.2 Å². The number of sulfonamides is 1. The van der Waals surface area contributed by atoms with Crippen LogP contribution in [0.5, 0.6) is 0 Å². The van der Waals surface area contributed by atoms with Gasteiger partial charge in [0.25, 0.3) is 15.9 Å². The standard InChI is InChI=1S/C19H22Cl2N2O4S/c1-12-15(10-17(27-12)28(25,26)23(2)3)18(24)22-19(7-4-8-19)11-13-5-6-14(20)9-16(13)21/h5-6,9-10H,4,7-8,11H2,1-3H3,(H,22,24). The highest BCUT2D eigenvalue weighted by atomic mass is 35.5. The highest BCUT2D eigenvalue weighted by Gasteiger charge is 2.40. The third-order valence-corrected chi connectivity index (χ3v) is 7.37. The number of rotatable bonds is 6. The number of carbonyl (C=O) groups is 1. The van der Waals surface area contributed by atoms with Gasteiger partial charge in [0.05, 0.1) is 5.56 Å². The number of carbonyl (C=O) groups excluding carboxylic acids is 1. The van der Waals surface area contributed by atoms with Crippen molar-refractivity contribution in [1.82, 2.24) is 9.62 Å². The third kappa shape index (κ3) is 4.08. The van der Waals surface area contributed by atoms with E-state index in [9.17, 15) is 13.2 Å². The first kappa shape index (κ1) is 21.2. The number of halogens is 2. The summed E-state index contributed by atoms with van der Waals surface area (Å²) in [5, 5.41) is 3.95. The Morgan fingerprint density at radius 1 is 1.25 bits per heavy atom. The van der Waals surface area contributed by atoms with E-state index in [0.717, 1.165) is 29.1 Å². The first-order valence-electron chi connectivity index (χ1n) is 8.83. The van der Waals surface area contributed by atoms with Gasteiger partial charge >= 0.3 is 0 Å². The molecule has 0 bridgehead atoms. The maximum atomic E-state index is 12.9. The van der Waals surface area contributed by atoms with Crippen LogP contribution in [-0.2, 0) is 16.4 Å². The second-order valence-corrected chi connectivity index (χ2v) is 10.2. The number of aryl methyl sites for hydroxylation is 1. The summed E-state index contributed by atoms with van der Waals surface area (Å²) in [6, 6.07) is 6.60. The smallest absolute Gasteiger partial charge is 0.275 e. The van der Waals surface area contributed by atoms with Crippen molar-refractivity contribution in [2.45, 2.75) is 43.2 Å². The molecular formula is C19H22Cl2N2O4S. The topological polar surface area (TPSA) is 79.6 Å². The Morgan fingerprint density at radius 2 is 1.93 bits per heavy atom. The molecule has 0 saturated heterocycles. The summed E-state index contributed by atoms with van der Waals surface area (Å²) < 4.78 is 30.9. The summed E-state index contributed by atoms with van der Waals surface area (Å²) in [5.41, 5.74) is 0.707. The molecule has 6 nitrogen and oxygen atoms in total. The zero-order valence-electron chi connectivity index (χ0n) is 15.9. The van der Waals surface area contributed by atoms with Gasteiger partial charge in [-0.2, -0.15) is 0 Å². The first-order chi connectivity index (χ1) is 13.0. The molecule has 152 valence electrons. The summed E-state index contributed by atoms with van der Waals surface area (Å²) in [4.78, 5) is 12.9. The molecule has 1 aromatic heterocycles. The van der Waals surface area contributed by atoms with Crippen LogP contribution < -0.4 is 5.32 Å². The van der Waals surface area contributed by atoms with Crippen molar-refractivity contribution in [3.8, 4) is 0 Å². The lowest BCUT2D eigenvalue weighted by atomic mass is 9.72. The molecule has 0 atom stereocenters. The first-order valence-corrected chi connectivity index (χ1v) is 11.0. The number of hydrogen-bond acceptors (Lipinski definition) is 4. The van der Waals surface area contributed by atoms with Crippen LogP contribution in [0.15, 0.2) is 33.8 Å². The average Bonchev–Trinajstić information content (AvgIpc) is 2.97. The number of hydrogen-bond donors (Lipinski definition) is 1. The molecule has 1 saturated carbocycles. The molecule has 1 fully saturated rings. The van der Waals surface area contributed by atoms with E-state index in [-0.39, 0.29) is 22.3 Å². The van der Waals surface area contributed by atoms with E-state index in [1.54, 1.807) is 19.1 Å². The van der Waals surface area contributed by atoms with Crippen molar-refractivity contribution < 1.29 is 17.6 Å². The van der Waals surface area contributed by atoms with E-state index in [4.69, 9.17) is 27.6 Å². The van der Waals surface area contributed by atoms with Crippen molar-refractivity contribution in [3.63, 3.8) is 0 Å². The molecule has 28 heavy (non-hydrogen) atoms. The molecule has 1 N–H and O–H groups in total. The number of furan rings is 1. The van der Waals surface area contributed by atoms with Gasteiger partial charge in [-0.1, -0.05) is 29.3 Å². The molecule has 0 radical (unpaired) electrons. The molecule has 1 aliphatic rings. The second-order valence-electron chi connectivity index (χ2n) is 7.32. The second kappa shape index (κ2) is 7.71. The number of nitrogens with zero attached hydrogens (tertiary/aromatic N) is 1. The molecule has 1 aromatic carbocycles. The van der Waals surface area contributed by atoms with Crippen molar-refractivity contribution in [2.24, 2.45) is 0 Å². The van der Waals surface area contributed by atoms with Crippen LogP contribution in [0, 0.1) is 6.92 Å². The normalized spacial score (nSPS) is 16.1. The fraction of sp³-hybridized carbons (Fsp3) is 0.421. The minimum Gasteiger partial charge on any atom is -0.448 e. The van der Waals surface area contributed by atoms with Gasteiger partial charge in [0, 0.05) is 35.7 Å². The van der Waals surface area contributed by atoms with Crippen molar-refractivity contribution >= 4 is 39.1 Å². The molecule has 0 unspecified atom stereocenters. The lowest BCUT2D eigenvalue weighted by molar-refractivity contribution is 0.0825. The van der Waals surface area contributed by atoms with Gasteiger partial charge in [0.2, 0.25) is 5.09 Å². The van der Waals surface area contributed by atoms with Crippen LogP contribution in [-0.4, -0.2) is 38.3 Å². The highest BCUT2D eigenvalue weighted by Crippen LogP contribution is 2.37. The summed E-state index contributed by atoms with van der Waals surface area (Å²) >= 11 is 12.3. The minimum absolute atomic E-state index is 0.217. The van der Waals surface area contributed by atoms with E-state index in [1.807, 2.05) is 6.07 Å². The van der Waals surface area contributed by atoms with Gasteiger partial charge in [0.1, 0.15) is 5.76 Å². The zero-order valence-corrected chi connectivity index (χ0v) is 18.2. The van der Waals surface area contributed by atoms with E-state index in [2.05, 4.69) is 5.32 Å². The Hall–Kier alpha value is -1.54. The van der Waals surface area contributed by atoms with Crippen LogP contribution in [0.2, 0.25) is 10.0 Å². The van der Waals surface area contributed by atoms with Gasteiger partial charge in [-0.05, 0) is 50.3 Å². The Labute approximate surface area is 174 Å². The maximum Gasteiger partial charge on any atom is 0.275 e. The number of nitrogens with one attached hydrogen (secondary N) is 1. The van der Waals surface area contributed by atoms with Gasteiger partial charge in [-0.15, -0.1) is 0 Å². The predicted molar refractivity (Wildman–Crippen MR) is 109 cm³/mol. The quantitative estimate of drug-likeness (QED) is 0.728. The molecular weight excluding hydrogens is 423 g/mol. The monoisotopic (exact) mass is 444 g/mol. The number of amides is 1. The van der Waals surface area contributed by atoms with Gasteiger partial charge in [-0.3, -0.25) is 4.79 Å². The summed E-state index contributed by atoms with van der Waals surface area (Å²) in [6.45, 7) is 1.58. The van der Waals surface area contributed by atoms with Crippen molar-refractivity contribution in [2.75, 3.05) is 14.1 Å². The van der Waals surface area contributed by atoms with Crippen LogP contribution in [0.1, 0.15) is 40.9 Å². The highest BCUT2D eigenvalue weighted by molar-refractivity contribution is 7.88. The molecule has 2 aromatic rings. The molecule has 9 heteroatoms. The van der Waals surface area contributed by atoms with Gasteiger partial charge in [0.15, 0.2) is 0 Å². The fourth-order valence-corrected chi connectivity index (χ4v) is 4.61. The van der Waals surface area contributed by atoms with Crippen LogP contribution in [0.4, 0.5) is 0 Å². The van der Waals surface area contributed by atoms with Crippen LogP contribution in [0.3, 0.4) is 0 Å². The maximum absolute atomic E-state index is 12.9. The molecule has 0 aliphatic heterocycles. The lowest BCUT2D eigenvalue weighted by Gasteiger charge is -2.43. The van der Waals surface area contributed by atoms with E-state index in [1.165, 1.54) is 20.2 Å². The predicted octanol–water partition coefficient (Wildman–Crippen LogP) is 4.04. The summed E-state index contributed by atoms with van der Waals surface area (Å²) in [7, 11) is -0.931. The van der Waals surface area contributed by atoms with Crippen LogP contribution in [0.25, 0.3) is 0 Å². The molecule has 1 amide bonds. The Bertz CT molecular complexity index is 1010. The minimum atomic E-state index is -3.75. The van der Waals surface area contributed by atoms with E-state index < -0.39 is 15.6 Å². The Balaban J connectivity index is 1.82. The van der Waals surface area contributed by atoms with Crippen molar-refractivity contribution in [1.29, 1.82) is 0 Å². The van der Waals surface area contributed by atoms with E-state index in [0.29, 0.717) is 16.5 Å². The molecule has 1 heterocycles. The van der Waals surface area contributed by atoms with Crippen LogP contribution >= 0.6 is 23.2 Å². The SMILES string of the molecule is Cc1oc(S(=O)(=O)N(C)C)cc1C(=O)NC1(Cc2ccc(Cl)cc2Cl)CCC1. The number of benzene rings is 1. The summed E-state index contributed by atoms with van der Waals surface area (Å²) in [6.07, 6.45) is 3.21. The zero-order chi connectivity index (χ0) is 20.7. The molecule has 3 rings (SSSR count). The third-order valence-electron chi connectivity index (χ3n) is 5.11. The molecule has 0 spiro atoms. The lowest BCUT2D eigenvalue weighted by Crippen LogP contribution is -2.55. The molecule has 1 aliphatic carbocycles. The summed E-state index contributed by atoms with van der Waals surface area (Å²) in [5.74, 6) is -0.0943. The van der Waals surface area contributed by atoms with Gasteiger partial charge in [-0.25, -0.2) is 12.7 Å². The van der Waals surface area contributed by atoms with Gasteiger partial charge < -0.3 is 9.73 Å². The Kier molecular flexibility index (Phi) is 5.83. The average molecular weight is 445 g/mol. The fourth-order valence-electron chi connectivity index (χ4n) is 3.27.